The van der Waals surface area contributed by atoms with E-state index in [1.807, 2.05) is 23.6 Å². The van der Waals surface area contributed by atoms with Crippen molar-refractivity contribution in [2.45, 2.75) is 65.0 Å². The predicted octanol–water partition coefficient (Wildman–Crippen LogP) is 2.57. The molecule has 2 atom stereocenters. The summed E-state index contributed by atoms with van der Waals surface area (Å²) in [6, 6.07) is 0.169. The van der Waals surface area contributed by atoms with Crippen LogP contribution in [0, 0.1) is 19.8 Å². The lowest BCUT2D eigenvalue weighted by molar-refractivity contribution is 0.0371. The molecule has 0 spiro atoms. The second kappa shape index (κ2) is 7.77. The summed E-state index contributed by atoms with van der Waals surface area (Å²) in [7, 11) is 1.97. The van der Waals surface area contributed by atoms with Crippen molar-refractivity contribution in [1.29, 1.82) is 0 Å². The van der Waals surface area contributed by atoms with Crippen LogP contribution in [0.25, 0.3) is 0 Å². The zero-order valence-electron chi connectivity index (χ0n) is 16.0. The molecule has 1 N–H and O–H groups in total. The summed E-state index contributed by atoms with van der Waals surface area (Å²) in [5.74, 6) is 0.629. The van der Waals surface area contributed by atoms with Gasteiger partial charge in [-0.15, -0.1) is 0 Å². The normalized spacial score (nSPS) is 23.0. The minimum atomic E-state index is 0.0671. The molecular weight excluding hydrogens is 316 g/mol. The van der Waals surface area contributed by atoms with Gasteiger partial charge in [-0.25, -0.2) is 4.79 Å². The van der Waals surface area contributed by atoms with Gasteiger partial charge in [0, 0.05) is 38.5 Å². The number of rotatable bonds is 4. The summed E-state index contributed by atoms with van der Waals surface area (Å²) in [4.78, 5) is 14.5. The molecule has 1 aromatic heterocycles. The van der Waals surface area contributed by atoms with Gasteiger partial charge in [0.1, 0.15) is 0 Å². The Morgan fingerprint density at radius 3 is 2.60 bits per heavy atom. The summed E-state index contributed by atoms with van der Waals surface area (Å²) in [5.41, 5.74) is 3.47. The second-order valence-corrected chi connectivity index (χ2v) is 7.70. The number of ether oxygens (including phenoxy) is 1. The number of hydrogen-bond acceptors (Lipinski definition) is 3. The third-order valence-corrected chi connectivity index (χ3v) is 5.86. The maximum Gasteiger partial charge on any atom is 0.317 e. The number of carbonyl (C=O) groups excluding carboxylic acids is 1. The number of piperidine rings is 1. The van der Waals surface area contributed by atoms with Gasteiger partial charge in [0.15, 0.2) is 0 Å². The van der Waals surface area contributed by atoms with Crippen molar-refractivity contribution in [1.82, 2.24) is 20.0 Å². The highest BCUT2D eigenvalue weighted by Gasteiger charge is 2.31. The van der Waals surface area contributed by atoms with Crippen molar-refractivity contribution in [3.63, 3.8) is 0 Å². The molecule has 6 nitrogen and oxygen atoms in total. The van der Waals surface area contributed by atoms with E-state index in [1.54, 1.807) is 0 Å². The van der Waals surface area contributed by atoms with Crippen molar-refractivity contribution in [2.75, 3.05) is 19.7 Å². The van der Waals surface area contributed by atoms with Crippen molar-refractivity contribution < 1.29 is 9.53 Å². The second-order valence-electron chi connectivity index (χ2n) is 7.70. The average Bonchev–Trinajstić information content (AvgIpc) is 3.20. The van der Waals surface area contributed by atoms with Crippen LogP contribution < -0.4 is 5.32 Å². The van der Waals surface area contributed by atoms with Gasteiger partial charge in [0.25, 0.3) is 0 Å². The Hall–Kier alpha value is -1.56. The lowest BCUT2D eigenvalue weighted by Gasteiger charge is -2.35. The number of likely N-dealkylation sites (tertiary alicyclic amines) is 1. The van der Waals surface area contributed by atoms with E-state index in [9.17, 15) is 4.79 Å². The van der Waals surface area contributed by atoms with Crippen LogP contribution in [0.4, 0.5) is 4.79 Å². The van der Waals surface area contributed by atoms with Gasteiger partial charge in [-0.2, -0.15) is 5.10 Å². The monoisotopic (exact) mass is 348 g/mol. The zero-order chi connectivity index (χ0) is 18.0. The molecular formula is C19H32N4O2. The van der Waals surface area contributed by atoms with Crippen LogP contribution in [-0.4, -0.2) is 52.6 Å². The molecule has 0 aromatic carbocycles. The third kappa shape index (κ3) is 4.17. The number of amides is 2. The molecule has 0 bridgehead atoms. The lowest BCUT2D eigenvalue weighted by Crippen LogP contribution is -2.48. The van der Waals surface area contributed by atoms with Crippen molar-refractivity contribution in [2.24, 2.45) is 13.0 Å². The summed E-state index contributed by atoms with van der Waals surface area (Å²) in [5, 5.41) is 7.63. The van der Waals surface area contributed by atoms with Crippen LogP contribution in [0.1, 0.15) is 49.6 Å². The SMILES string of the molecule is Cc1nn(C)c(C)c1CC(C)NC(=O)N1CCC(C2CCCO2)CC1. The van der Waals surface area contributed by atoms with E-state index in [0.717, 1.165) is 44.7 Å². The van der Waals surface area contributed by atoms with E-state index in [4.69, 9.17) is 4.74 Å². The molecule has 2 amide bonds. The van der Waals surface area contributed by atoms with Crippen LogP contribution in [0.2, 0.25) is 0 Å². The maximum atomic E-state index is 12.6. The Labute approximate surface area is 150 Å². The molecule has 2 aliphatic heterocycles. The van der Waals surface area contributed by atoms with Crippen LogP contribution in [0.3, 0.4) is 0 Å². The quantitative estimate of drug-likeness (QED) is 0.910. The number of nitrogens with zero attached hydrogens (tertiary/aromatic N) is 3. The van der Waals surface area contributed by atoms with Crippen molar-refractivity contribution in [3.05, 3.63) is 17.0 Å². The first-order chi connectivity index (χ1) is 12.0. The number of carbonyl (C=O) groups is 1. The molecule has 1 aromatic rings. The standard InChI is InChI=1S/C19H32N4O2/c1-13(12-17-14(2)21-22(4)15(17)3)20-19(24)23-9-7-16(8-10-23)18-6-5-11-25-18/h13,16,18H,5-12H2,1-4H3,(H,20,24). The van der Waals surface area contributed by atoms with Gasteiger partial charge in [-0.3, -0.25) is 4.68 Å². The van der Waals surface area contributed by atoms with Crippen molar-refractivity contribution >= 4 is 6.03 Å². The van der Waals surface area contributed by atoms with Gasteiger partial charge < -0.3 is 15.0 Å². The molecule has 25 heavy (non-hydrogen) atoms. The summed E-state index contributed by atoms with van der Waals surface area (Å²) in [6.07, 6.45) is 5.76. The zero-order valence-corrected chi connectivity index (χ0v) is 16.0. The van der Waals surface area contributed by atoms with Gasteiger partial charge in [0.2, 0.25) is 0 Å². The molecule has 2 saturated heterocycles. The highest BCUT2D eigenvalue weighted by molar-refractivity contribution is 5.74. The van der Waals surface area contributed by atoms with Crippen LogP contribution in [0.15, 0.2) is 0 Å². The van der Waals surface area contributed by atoms with Gasteiger partial charge in [-0.05, 0) is 64.4 Å². The number of nitrogens with one attached hydrogen (secondary N) is 1. The topological polar surface area (TPSA) is 59.4 Å². The Bertz CT molecular complexity index is 599. The molecule has 3 rings (SSSR count). The largest absolute Gasteiger partial charge is 0.378 e. The van der Waals surface area contributed by atoms with E-state index in [0.29, 0.717) is 12.0 Å². The van der Waals surface area contributed by atoms with E-state index in [1.165, 1.54) is 24.1 Å². The number of aryl methyl sites for hydroxylation is 2. The Morgan fingerprint density at radius 1 is 1.32 bits per heavy atom. The first kappa shape index (κ1) is 18.2. The van der Waals surface area contributed by atoms with E-state index in [2.05, 4.69) is 24.3 Å². The van der Waals surface area contributed by atoms with E-state index >= 15 is 0 Å². The van der Waals surface area contributed by atoms with E-state index < -0.39 is 0 Å². The first-order valence-corrected chi connectivity index (χ1v) is 9.61. The predicted molar refractivity (Wildman–Crippen MR) is 97.7 cm³/mol. The molecule has 0 aliphatic carbocycles. The summed E-state index contributed by atoms with van der Waals surface area (Å²) in [6.45, 7) is 8.79. The minimum absolute atomic E-state index is 0.0671. The highest BCUT2D eigenvalue weighted by Crippen LogP contribution is 2.28. The van der Waals surface area contributed by atoms with Crippen molar-refractivity contribution in [3.8, 4) is 0 Å². The van der Waals surface area contributed by atoms with E-state index in [-0.39, 0.29) is 12.1 Å². The van der Waals surface area contributed by atoms with Gasteiger partial charge in [-0.1, -0.05) is 0 Å². The molecule has 2 unspecified atom stereocenters. The summed E-state index contributed by atoms with van der Waals surface area (Å²) < 4.78 is 7.73. The molecule has 0 radical (unpaired) electrons. The Morgan fingerprint density at radius 2 is 2.04 bits per heavy atom. The van der Waals surface area contributed by atoms with Crippen LogP contribution >= 0.6 is 0 Å². The van der Waals surface area contributed by atoms with Crippen LogP contribution in [0.5, 0.6) is 0 Å². The van der Waals surface area contributed by atoms with Gasteiger partial charge >= 0.3 is 6.03 Å². The number of urea groups is 1. The fourth-order valence-electron chi connectivity index (χ4n) is 4.22. The molecule has 2 aliphatic rings. The fourth-order valence-corrected chi connectivity index (χ4v) is 4.22. The van der Waals surface area contributed by atoms with Crippen LogP contribution in [-0.2, 0) is 18.2 Å². The highest BCUT2D eigenvalue weighted by atomic mass is 16.5. The smallest absolute Gasteiger partial charge is 0.317 e. The third-order valence-electron chi connectivity index (χ3n) is 5.86. The number of hydrogen-bond donors (Lipinski definition) is 1. The van der Waals surface area contributed by atoms with Gasteiger partial charge in [0.05, 0.1) is 11.8 Å². The Balaban J connectivity index is 1.47. The first-order valence-electron chi connectivity index (χ1n) is 9.61. The Kier molecular flexibility index (Phi) is 5.67. The fraction of sp³-hybridized carbons (Fsp3) is 0.789. The molecule has 6 heteroatoms. The summed E-state index contributed by atoms with van der Waals surface area (Å²) >= 11 is 0. The number of aromatic nitrogens is 2. The molecule has 2 fully saturated rings. The lowest BCUT2D eigenvalue weighted by atomic mass is 9.90. The average molecular weight is 348 g/mol. The molecule has 0 saturated carbocycles. The minimum Gasteiger partial charge on any atom is -0.378 e. The molecule has 140 valence electrons. The maximum absolute atomic E-state index is 12.6. The molecule has 3 heterocycles.